The number of anilines is 2. The lowest BCUT2D eigenvalue weighted by molar-refractivity contribution is 0.262. The number of hydrogen-bond acceptors (Lipinski definition) is 4. The first-order chi connectivity index (χ1) is 11.6. The van der Waals surface area contributed by atoms with Crippen LogP contribution in [-0.2, 0) is 0 Å². The normalized spacial score (nSPS) is 11.8. The van der Waals surface area contributed by atoms with E-state index in [1.54, 1.807) is 36.9 Å². The number of nitrogens with zero attached hydrogens (tertiary/aromatic N) is 3. The fourth-order valence-corrected chi connectivity index (χ4v) is 2.41. The second-order valence-corrected chi connectivity index (χ2v) is 5.39. The molecule has 7 heteroatoms. The Bertz CT molecular complexity index is 813. The molecular weight excluding hydrogens is 304 g/mol. The molecular formula is C17H18N6O. The van der Waals surface area contributed by atoms with Gasteiger partial charge in [-0.3, -0.25) is 10.3 Å². The number of hydrogen-bond donors (Lipinski definition) is 3. The summed E-state index contributed by atoms with van der Waals surface area (Å²) in [5.41, 5.74) is 3.51. The van der Waals surface area contributed by atoms with Crippen molar-refractivity contribution in [2.75, 3.05) is 10.6 Å². The van der Waals surface area contributed by atoms with Crippen molar-refractivity contribution >= 4 is 17.5 Å². The largest absolute Gasteiger partial charge is 0.348 e. The van der Waals surface area contributed by atoms with Crippen LogP contribution in [0.3, 0.4) is 0 Å². The Morgan fingerprint density at radius 1 is 1.12 bits per heavy atom. The molecule has 0 aromatic carbocycles. The lowest BCUT2D eigenvalue weighted by Gasteiger charge is -2.11. The van der Waals surface area contributed by atoms with Gasteiger partial charge in [0.25, 0.3) is 0 Å². The van der Waals surface area contributed by atoms with Crippen molar-refractivity contribution in [3.8, 4) is 0 Å². The molecule has 3 aromatic rings. The van der Waals surface area contributed by atoms with Crippen LogP contribution in [0, 0.1) is 6.92 Å². The molecule has 3 N–H and O–H groups in total. The van der Waals surface area contributed by atoms with Gasteiger partial charge in [-0.1, -0.05) is 13.0 Å². The molecule has 122 valence electrons. The third-order valence-electron chi connectivity index (χ3n) is 3.70. The summed E-state index contributed by atoms with van der Waals surface area (Å²) in [6, 6.07) is 8.66. The highest BCUT2D eigenvalue weighted by Gasteiger charge is 2.14. The van der Waals surface area contributed by atoms with Gasteiger partial charge < -0.3 is 10.3 Å². The number of nitrogens with one attached hydrogen (secondary N) is 3. The van der Waals surface area contributed by atoms with E-state index in [-0.39, 0.29) is 11.9 Å². The third kappa shape index (κ3) is 3.57. The zero-order valence-corrected chi connectivity index (χ0v) is 13.4. The molecule has 3 heterocycles. The molecule has 0 fully saturated rings. The van der Waals surface area contributed by atoms with Crippen LogP contribution in [0.4, 0.5) is 16.3 Å². The SMILES string of the molecule is Cc1nc[nH]c1[C@H](C)c1ccc(NC(=O)Nc2ccccn2)cn1. The average molecular weight is 322 g/mol. The van der Waals surface area contributed by atoms with Crippen LogP contribution in [0.15, 0.2) is 49.1 Å². The van der Waals surface area contributed by atoms with Crippen molar-refractivity contribution in [2.45, 2.75) is 19.8 Å². The lowest BCUT2D eigenvalue weighted by Crippen LogP contribution is -2.20. The van der Waals surface area contributed by atoms with Gasteiger partial charge in [-0.25, -0.2) is 14.8 Å². The zero-order chi connectivity index (χ0) is 16.9. The lowest BCUT2D eigenvalue weighted by atomic mass is 10.0. The Morgan fingerprint density at radius 3 is 2.62 bits per heavy atom. The van der Waals surface area contributed by atoms with Crippen LogP contribution in [0.5, 0.6) is 0 Å². The zero-order valence-electron chi connectivity index (χ0n) is 13.4. The fraction of sp³-hybridized carbons (Fsp3) is 0.176. The van der Waals surface area contributed by atoms with Gasteiger partial charge in [0.2, 0.25) is 0 Å². The molecule has 24 heavy (non-hydrogen) atoms. The Kier molecular flexibility index (Phi) is 4.51. The van der Waals surface area contributed by atoms with Crippen molar-refractivity contribution in [1.29, 1.82) is 0 Å². The molecule has 3 aromatic heterocycles. The Balaban J connectivity index is 1.64. The molecule has 0 spiro atoms. The fourth-order valence-electron chi connectivity index (χ4n) is 2.41. The summed E-state index contributed by atoms with van der Waals surface area (Å²) in [7, 11) is 0. The standard InChI is InChI=1S/C17H18N6O/c1-11(16-12(2)20-10-21-16)14-7-6-13(9-19-14)22-17(24)23-15-5-3-4-8-18-15/h3-11H,1-2H3,(H,20,21)(H2,18,22,23,24)/t11-/m1/s1. The Morgan fingerprint density at radius 2 is 2.00 bits per heavy atom. The van der Waals surface area contributed by atoms with Crippen LogP contribution in [0.2, 0.25) is 0 Å². The molecule has 0 aliphatic heterocycles. The molecule has 3 rings (SSSR count). The smallest absolute Gasteiger partial charge is 0.324 e. The van der Waals surface area contributed by atoms with Crippen LogP contribution in [0.25, 0.3) is 0 Å². The van der Waals surface area contributed by atoms with E-state index in [1.165, 1.54) is 0 Å². The molecule has 0 unspecified atom stereocenters. The van der Waals surface area contributed by atoms with Crippen LogP contribution >= 0.6 is 0 Å². The molecule has 2 amide bonds. The summed E-state index contributed by atoms with van der Waals surface area (Å²) in [4.78, 5) is 27.7. The number of carbonyl (C=O) groups is 1. The van der Waals surface area contributed by atoms with Crippen molar-refractivity contribution in [1.82, 2.24) is 19.9 Å². The topological polar surface area (TPSA) is 95.6 Å². The molecule has 0 aliphatic carbocycles. The number of aryl methyl sites for hydroxylation is 1. The monoisotopic (exact) mass is 322 g/mol. The molecule has 7 nitrogen and oxygen atoms in total. The second-order valence-electron chi connectivity index (χ2n) is 5.39. The molecule has 0 bridgehead atoms. The number of amides is 2. The van der Waals surface area contributed by atoms with Crippen LogP contribution < -0.4 is 10.6 Å². The van der Waals surface area contributed by atoms with E-state index in [0.29, 0.717) is 11.5 Å². The molecule has 0 saturated heterocycles. The Hall–Kier alpha value is -3.22. The maximum Gasteiger partial charge on any atom is 0.324 e. The van der Waals surface area contributed by atoms with E-state index >= 15 is 0 Å². The van der Waals surface area contributed by atoms with Crippen molar-refractivity contribution in [3.63, 3.8) is 0 Å². The number of urea groups is 1. The van der Waals surface area contributed by atoms with Crippen molar-refractivity contribution < 1.29 is 4.79 Å². The molecule has 0 radical (unpaired) electrons. The number of rotatable bonds is 4. The summed E-state index contributed by atoms with van der Waals surface area (Å²) in [5.74, 6) is 0.590. The number of aromatic nitrogens is 4. The van der Waals surface area contributed by atoms with Crippen LogP contribution in [-0.4, -0.2) is 26.0 Å². The summed E-state index contributed by atoms with van der Waals surface area (Å²) >= 11 is 0. The minimum atomic E-state index is -0.360. The van der Waals surface area contributed by atoms with Gasteiger partial charge in [-0.2, -0.15) is 0 Å². The number of carbonyl (C=O) groups excluding carboxylic acids is 1. The van der Waals surface area contributed by atoms with Gasteiger partial charge in [-0.15, -0.1) is 0 Å². The number of pyridine rings is 2. The van der Waals surface area contributed by atoms with E-state index in [1.807, 2.05) is 19.1 Å². The number of imidazole rings is 1. The molecule has 0 aliphatic rings. The quantitative estimate of drug-likeness (QED) is 0.686. The molecule has 0 saturated carbocycles. The molecule has 1 atom stereocenters. The van der Waals surface area contributed by atoms with E-state index in [9.17, 15) is 4.79 Å². The van der Waals surface area contributed by atoms with Crippen LogP contribution in [0.1, 0.15) is 29.9 Å². The minimum absolute atomic E-state index is 0.101. The average Bonchev–Trinajstić information content (AvgIpc) is 3.02. The number of aromatic amines is 1. The van der Waals surface area contributed by atoms with Crippen molar-refractivity contribution in [2.24, 2.45) is 0 Å². The first-order valence-corrected chi connectivity index (χ1v) is 7.58. The van der Waals surface area contributed by atoms with E-state index in [4.69, 9.17) is 0 Å². The maximum absolute atomic E-state index is 11.9. The van der Waals surface area contributed by atoms with Gasteiger partial charge in [0.15, 0.2) is 0 Å². The van der Waals surface area contributed by atoms with E-state index < -0.39 is 0 Å². The number of H-pyrrole nitrogens is 1. The Labute approximate surface area is 139 Å². The van der Waals surface area contributed by atoms with E-state index in [0.717, 1.165) is 17.1 Å². The first kappa shape index (κ1) is 15.7. The summed E-state index contributed by atoms with van der Waals surface area (Å²) in [6.07, 6.45) is 4.93. The summed E-state index contributed by atoms with van der Waals surface area (Å²) in [5, 5.41) is 5.39. The summed E-state index contributed by atoms with van der Waals surface area (Å²) < 4.78 is 0. The van der Waals surface area contributed by atoms with Crippen molar-refractivity contribution in [3.05, 3.63) is 66.1 Å². The predicted molar refractivity (Wildman–Crippen MR) is 92.0 cm³/mol. The highest BCUT2D eigenvalue weighted by atomic mass is 16.2. The summed E-state index contributed by atoms with van der Waals surface area (Å²) in [6.45, 7) is 4.02. The minimum Gasteiger partial charge on any atom is -0.348 e. The van der Waals surface area contributed by atoms with Gasteiger partial charge in [0.1, 0.15) is 5.82 Å². The highest BCUT2D eigenvalue weighted by molar-refractivity contribution is 5.98. The first-order valence-electron chi connectivity index (χ1n) is 7.58. The maximum atomic E-state index is 11.9. The van der Waals surface area contributed by atoms with Gasteiger partial charge >= 0.3 is 6.03 Å². The highest BCUT2D eigenvalue weighted by Crippen LogP contribution is 2.23. The van der Waals surface area contributed by atoms with Gasteiger partial charge in [0.05, 0.1) is 23.9 Å². The second kappa shape index (κ2) is 6.91. The van der Waals surface area contributed by atoms with E-state index in [2.05, 4.69) is 37.5 Å². The van der Waals surface area contributed by atoms with Gasteiger partial charge in [-0.05, 0) is 31.2 Å². The predicted octanol–water partition coefficient (Wildman–Crippen LogP) is 3.30. The third-order valence-corrected chi connectivity index (χ3v) is 3.70. The van der Waals surface area contributed by atoms with Gasteiger partial charge in [0, 0.05) is 23.5 Å².